The van der Waals surface area contributed by atoms with Crippen molar-refractivity contribution in [2.75, 3.05) is 19.6 Å². The summed E-state index contributed by atoms with van der Waals surface area (Å²) in [5, 5.41) is 4.36. The maximum absolute atomic E-state index is 11.8. The number of likely N-dealkylation sites (tertiary alicyclic amines) is 1. The lowest BCUT2D eigenvalue weighted by atomic mass is 10.2. The number of primary sulfonamides is 1. The fourth-order valence-electron chi connectivity index (χ4n) is 2.52. The zero-order valence-electron chi connectivity index (χ0n) is 12.2. The van der Waals surface area contributed by atoms with Crippen molar-refractivity contribution in [3.05, 3.63) is 0 Å². The highest BCUT2D eigenvalue weighted by atomic mass is 32.2. The Morgan fingerprint density at radius 1 is 1.32 bits per heavy atom. The quantitative estimate of drug-likeness (QED) is 0.746. The van der Waals surface area contributed by atoms with E-state index in [4.69, 9.17) is 5.14 Å². The maximum atomic E-state index is 11.8. The summed E-state index contributed by atoms with van der Waals surface area (Å²) < 4.78 is 22.5. The third-order valence-electron chi connectivity index (χ3n) is 3.60. The van der Waals surface area contributed by atoms with Gasteiger partial charge in [0.2, 0.25) is 15.9 Å². The molecular weight excluding hydrogens is 266 g/mol. The molecule has 1 fully saturated rings. The molecule has 0 aromatic rings. The molecule has 1 amide bonds. The van der Waals surface area contributed by atoms with E-state index < -0.39 is 15.3 Å². The molecule has 1 aliphatic heterocycles. The van der Waals surface area contributed by atoms with Gasteiger partial charge in [-0.3, -0.25) is 9.69 Å². The van der Waals surface area contributed by atoms with Crippen LogP contribution in [-0.2, 0) is 14.8 Å². The summed E-state index contributed by atoms with van der Waals surface area (Å²) in [6, 6.07) is 0.790. The Bertz CT molecular complexity index is 412. The van der Waals surface area contributed by atoms with Gasteiger partial charge in [-0.25, -0.2) is 13.6 Å². The van der Waals surface area contributed by atoms with Crippen LogP contribution in [0.5, 0.6) is 0 Å². The van der Waals surface area contributed by atoms with Crippen molar-refractivity contribution in [2.24, 2.45) is 5.14 Å². The van der Waals surface area contributed by atoms with Crippen molar-refractivity contribution in [1.82, 2.24) is 9.80 Å². The molecule has 19 heavy (non-hydrogen) atoms. The normalized spacial score (nSPS) is 21.2. The fraction of sp³-hybridized carbons (Fsp3) is 0.917. The molecule has 1 rings (SSSR count). The molecule has 0 aromatic heterocycles. The highest BCUT2D eigenvalue weighted by Crippen LogP contribution is 2.16. The van der Waals surface area contributed by atoms with Gasteiger partial charge in [0.15, 0.2) is 0 Å². The summed E-state index contributed by atoms with van der Waals surface area (Å²) in [6.45, 7) is 9.97. The summed E-state index contributed by atoms with van der Waals surface area (Å²) in [5.41, 5.74) is 0. The van der Waals surface area contributed by atoms with Crippen molar-refractivity contribution >= 4 is 15.9 Å². The Morgan fingerprint density at radius 3 is 2.21 bits per heavy atom. The predicted octanol–water partition coefficient (Wildman–Crippen LogP) is -0.00540. The van der Waals surface area contributed by atoms with Gasteiger partial charge in [-0.15, -0.1) is 0 Å². The van der Waals surface area contributed by atoms with Gasteiger partial charge in [0.05, 0.1) is 0 Å². The molecule has 0 aromatic carbocycles. The van der Waals surface area contributed by atoms with Crippen LogP contribution in [0, 0.1) is 0 Å². The van der Waals surface area contributed by atoms with Crippen LogP contribution in [-0.4, -0.2) is 61.1 Å². The van der Waals surface area contributed by atoms with E-state index in [0.717, 1.165) is 6.54 Å². The number of nitrogens with zero attached hydrogens (tertiary/aromatic N) is 2. The highest BCUT2D eigenvalue weighted by Gasteiger charge is 2.36. The molecule has 2 N–H and O–H groups in total. The van der Waals surface area contributed by atoms with Gasteiger partial charge < -0.3 is 4.90 Å². The van der Waals surface area contributed by atoms with Crippen LogP contribution < -0.4 is 5.14 Å². The molecular formula is C12H25N3O3S. The molecule has 0 saturated carbocycles. The fourth-order valence-corrected chi connectivity index (χ4v) is 3.28. The number of sulfonamides is 1. The molecule has 6 nitrogen and oxygen atoms in total. The first-order chi connectivity index (χ1) is 8.62. The molecule has 1 heterocycles. The number of rotatable bonds is 6. The molecule has 1 unspecified atom stereocenters. The Hall–Kier alpha value is -0.660. The third-order valence-corrected chi connectivity index (χ3v) is 4.84. The lowest BCUT2D eigenvalue weighted by molar-refractivity contribution is -0.128. The molecule has 0 spiro atoms. The van der Waals surface area contributed by atoms with E-state index in [0.29, 0.717) is 18.6 Å². The van der Waals surface area contributed by atoms with E-state index in [9.17, 15) is 13.2 Å². The molecule has 1 aliphatic rings. The van der Waals surface area contributed by atoms with Crippen LogP contribution in [0.1, 0.15) is 34.1 Å². The smallest absolute Gasteiger partial charge is 0.224 e. The van der Waals surface area contributed by atoms with E-state index >= 15 is 0 Å². The van der Waals surface area contributed by atoms with Crippen molar-refractivity contribution in [3.63, 3.8) is 0 Å². The average Bonchev–Trinajstić information content (AvgIpc) is 2.59. The van der Waals surface area contributed by atoms with Gasteiger partial charge in [-0.05, 0) is 27.7 Å². The average molecular weight is 291 g/mol. The van der Waals surface area contributed by atoms with Crippen LogP contribution >= 0.6 is 0 Å². The van der Waals surface area contributed by atoms with Crippen molar-refractivity contribution in [3.8, 4) is 0 Å². The van der Waals surface area contributed by atoms with Gasteiger partial charge >= 0.3 is 0 Å². The Labute approximate surface area is 116 Å². The van der Waals surface area contributed by atoms with Gasteiger partial charge in [0.1, 0.15) is 5.25 Å². The Kier molecular flexibility index (Phi) is 5.34. The van der Waals surface area contributed by atoms with Crippen LogP contribution in [0.25, 0.3) is 0 Å². The SMILES string of the molecule is CC(C)N(CCN1CC(S(N)(=O)=O)CC1=O)C(C)C. The second kappa shape index (κ2) is 6.19. The Balaban J connectivity index is 2.57. The minimum Gasteiger partial charge on any atom is -0.340 e. The molecule has 112 valence electrons. The molecule has 1 saturated heterocycles. The number of carbonyl (C=O) groups excluding carboxylic acids is 1. The van der Waals surface area contributed by atoms with Crippen LogP contribution in [0.3, 0.4) is 0 Å². The topological polar surface area (TPSA) is 83.7 Å². The van der Waals surface area contributed by atoms with E-state index in [2.05, 4.69) is 32.6 Å². The standard InChI is InChI=1S/C12H25N3O3S/c1-9(2)15(10(3)4)6-5-14-8-11(7-12(14)16)19(13,17)18/h9-11H,5-8H2,1-4H3,(H2,13,17,18). The van der Waals surface area contributed by atoms with Gasteiger partial charge in [0.25, 0.3) is 0 Å². The molecule has 0 radical (unpaired) electrons. The van der Waals surface area contributed by atoms with Crippen molar-refractivity contribution in [1.29, 1.82) is 0 Å². The first kappa shape index (κ1) is 16.4. The van der Waals surface area contributed by atoms with E-state index in [1.54, 1.807) is 4.90 Å². The first-order valence-corrected chi connectivity index (χ1v) is 8.29. The predicted molar refractivity (Wildman–Crippen MR) is 75.1 cm³/mol. The lowest BCUT2D eigenvalue weighted by Crippen LogP contribution is -2.43. The molecule has 0 bridgehead atoms. The second-order valence-electron chi connectivity index (χ2n) is 5.68. The number of carbonyl (C=O) groups is 1. The molecule has 7 heteroatoms. The monoisotopic (exact) mass is 291 g/mol. The summed E-state index contributed by atoms with van der Waals surface area (Å²) in [7, 11) is -3.62. The van der Waals surface area contributed by atoms with Crippen LogP contribution in [0.2, 0.25) is 0 Å². The zero-order chi connectivity index (χ0) is 14.8. The Morgan fingerprint density at radius 2 is 1.84 bits per heavy atom. The first-order valence-electron chi connectivity index (χ1n) is 6.68. The number of nitrogens with two attached hydrogens (primary N) is 1. The van der Waals surface area contributed by atoms with Crippen LogP contribution in [0.15, 0.2) is 0 Å². The number of amides is 1. The zero-order valence-corrected chi connectivity index (χ0v) is 13.0. The molecule has 1 atom stereocenters. The summed E-state index contributed by atoms with van der Waals surface area (Å²) in [4.78, 5) is 15.7. The minimum atomic E-state index is -3.62. The van der Waals surface area contributed by atoms with E-state index in [1.807, 2.05) is 0 Å². The lowest BCUT2D eigenvalue weighted by Gasteiger charge is -2.32. The van der Waals surface area contributed by atoms with Crippen LogP contribution in [0.4, 0.5) is 0 Å². The van der Waals surface area contributed by atoms with E-state index in [-0.39, 0.29) is 18.9 Å². The summed E-state index contributed by atoms with van der Waals surface area (Å²) >= 11 is 0. The van der Waals surface area contributed by atoms with Gasteiger partial charge in [-0.2, -0.15) is 0 Å². The highest BCUT2D eigenvalue weighted by molar-refractivity contribution is 7.89. The van der Waals surface area contributed by atoms with Crippen molar-refractivity contribution < 1.29 is 13.2 Å². The van der Waals surface area contributed by atoms with Crippen molar-refractivity contribution in [2.45, 2.75) is 51.4 Å². The van der Waals surface area contributed by atoms with E-state index in [1.165, 1.54) is 0 Å². The number of hydrogen-bond donors (Lipinski definition) is 1. The van der Waals surface area contributed by atoms with Gasteiger partial charge in [-0.1, -0.05) is 0 Å². The second-order valence-corrected chi connectivity index (χ2v) is 7.52. The maximum Gasteiger partial charge on any atom is 0.224 e. The number of hydrogen-bond acceptors (Lipinski definition) is 4. The van der Waals surface area contributed by atoms with Gasteiger partial charge in [0, 0.05) is 38.1 Å². The molecule has 0 aliphatic carbocycles. The minimum absolute atomic E-state index is 0.0161. The summed E-state index contributed by atoms with van der Waals surface area (Å²) in [5.74, 6) is -0.119. The largest absolute Gasteiger partial charge is 0.340 e. The summed E-state index contributed by atoms with van der Waals surface area (Å²) in [6.07, 6.45) is 0.0161. The third kappa shape index (κ3) is 4.43.